The lowest BCUT2D eigenvalue weighted by molar-refractivity contribution is -0.384. The molecular formula is C16H15N3O4. The molecule has 2 aromatic carbocycles. The van der Waals surface area contributed by atoms with Crippen LogP contribution >= 0.6 is 0 Å². The Kier molecular flexibility index (Phi) is 4.70. The summed E-state index contributed by atoms with van der Waals surface area (Å²) in [6.45, 7) is 1.99. The summed E-state index contributed by atoms with van der Waals surface area (Å²) in [6.07, 6.45) is 0. The third kappa shape index (κ3) is 3.52. The number of amidine groups is 1. The molecular weight excluding hydrogens is 298 g/mol. The lowest BCUT2D eigenvalue weighted by Gasteiger charge is -2.09. The van der Waals surface area contributed by atoms with E-state index in [0.29, 0.717) is 22.3 Å². The van der Waals surface area contributed by atoms with E-state index in [0.717, 1.165) is 0 Å². The Hall–Kier alpha value is -3.22. The fraction of sp³-hybridized carbons (Fsp3) is 0.125. The highest BCUT2D eigenvalue weighted by molar-refractivity contribution is 6.02. The summed E-state index contributed by atoms with van der Waals surface area (Å²) in [6, 6.07) is 10.5. The van der Waals surface area contributed by atoms with Gasteiger partial charge in [-0.15, -0.1) is 0 Å². The van der Waals surface area contributed by atoms with Crippen LogP contribution in [0.15, 0.2) is 42.5 Å². The lowest BCUT2D eigenvalue weighted by Crippen LogP contribution is -2.12. The van der Waals surface area contributed by atoms with Gasteiger partial charge < -0.3 is 10.5 Å². The number of nitro groups is 1. The smallest absolute Gasteiger partial charge is 0.338 e. The van der Waals surface area contributed by atoms with Gasteiger partial charge in [-0.05, 0) is 36.2 Å². The van der Waals surface area contributed by atoms with Crippen molar-refractivity contribution in [2.45, 2.75) is 6.92 Å². The minimum atomic E-state index is -0.513. The van der Waals surface area contributed by atoms with Crippen molar-refractivity contribution in [3.05, 3.63) is 63.7 Å². The molecule has 0 bridgehead atoms. The van der Waals surface area contributed by atoms with Crippen molar-refractivity contribution in [1.82, 2.24) is 0 Å². The highest BCUT2D eigenvalue weighted by Crippen LogP contribution is 2.28. The first kappa shape index (κ1) is 16.2. The van der Waals surface area contributed by atoms with Gasteiger partial charge in [0, 0.05) is 17.7 Å². The monoisotopic (exact) mass is 313 g/mol. The Bertz CT molecular complexity index is 769. The molecule has 0 spiro atoms. The number of nitrogens with two attached hydrogens (primary N) is 1. The molecule has 0 aliphatic rings. The Morgan fingerprint density at radius 3 is 2.43 bits per heavy atom. The van der Waals surface area contributed by atoms with Crippen molar-refractivity contribution in [2.24, 2.45) is 5.73 Å². The summed E-state index contributed by atoms with van der Waals surface area (Å²) >= 11 is 0. The quantitative estimate of drug-likeness (QED) is 0.289. The number of nitrogens with one attached hydrogen (secondary N) is 1. The second-order valence-corrected chi connectivity index (χ2v) is 4.70. The van der Waals surface area contributed by atoms with Crippen molar-refractivity contribution >= 4 is 17.5 Å². The minimum absolute atomic E-state index is 0.0977. The number of non-ortho nitro benzene ring substituents is 1. The van der Waals surface area contributed by atoms with Gasteiger partial charge in [-0.1, -0.05) is 12.1 Å². The third-order valence-electron chi connectivity index (χ3n) is 3.21. The number of nitrogens with zero attached hydrogens (tertiary/aromatic N) is 1. The predicted octanol–water partition coefficient (Wildman–Crippen LogP) is 2.72. The van der Waals surface area contributed by atoms with Gasteiger partial charge in [-0.3, -0.25) is 15.5 Å². The zero-order valence-electron chi connectivity index (χ0n) is 12.4. The van der Waals surface area contributed by atoms with E-state index in [9.17, 15) is 14.9 Å². The third-order valence-corrected chi connectivity index (χ3v) is 3.21. The van der Waals surface area contributed by atoms with Crippen LogP contribution in [-0.4, -0.2) is 23.3 Å². The van der Waals surface area contributed by atoms with Crippen LogP contribution in [0.2, 0.25) is 0 Å². The zero-order chi connectivity index (χ0) is 17.0. The highest BCUT2D eigenvalue weighted by Gasteiger charge is 2.15. The van der Waals surface area contributed by atoms with Gasteiger partial charge in [0.1, 0.15) is 5.84 Å². The molecule has 118 valence electrons. The number of hydrogen-bond acceptors (Lipinski definition) is 5. The van der Waals surface area contributed by atoms with E-state index in [1.54, 1.807) is 31.2 Å². The molecule has 7 nitrogen and oxygen atoms in total. The SMILES string of the molecule is CCOC(=O)c1ccc(-c2cc([N+](=O)[O-])ccc2C(=N)N)cc1. The second kappa shape index (κ2) is 6.69. The maximum absolute atomic E-state index is 11.6. The van der Waals surface area contributed by atoms with Gasteiger partial charge in [-0.2, -0.15) is 0 Å². The summed E-state index contributed by atoms with van der Waals surface area (Å²) in [5.74, 6) is -0.630. The first-order valence-electron chi connectivity index (χ1n) is 6.84. The first-order chi connectivity index (χ1) is 10.9. The molecule has 0 aromatic heterocycles. The Morgan fingerprint density at radius 1 is 1.26 bits per heavy atom. The maximum Gasteiger partial charge on any atom is 0.338 e. The van der Waals surface area contributed by atoms with Crippen LogP contribution in [0.4, 0.5) is 5.69 Å². The van der Waals surface area contributed by atoms with Crippen molar-refractivity contribution in [3.63, 3.8) is 0 Å². The number of benzene rings is 2. The van der Waals surface area contributed by atoms with Gasteiger partial charge >= 0.3 is 5.97 Å². The summed E-state index contributed by atoms with van der Waals surface area (Å²) in [5, 5.41) is 18.5. The molecule has 0 unspecified atom stereocenters. The van der Waals surface area contributed by atoms with Crippen molar-refractivity contribution in [3.8, 4) is 11.1 Å². The molecule has 0 aliphatic carbocycles. The fourth-order valence-electron chi connectivity index (χ4n) is 2.12. The van der Waals surface area contributed by atoms with Crippen molar-refractivity contribution in [1.29, 1.82) is 5.41 Å². The lowest BCUT2D eigenvalue weighted by atomic mass is 9.97. The van der Waals surface area contributed by atoms with Crippen LogP contribution in [0.3, 0.4) is 0 Å². The molecule has 0 saturated heterocycles. The number of rotatable bonds is 5. The molecule has 2 aromatic rings. The summed E-state index contributed by atoms with van der Waals surface area (Å²) in [5.41, 5.74) is 7.28. The van der Waals surface area contributed by atoms with Crippen molar-refractivity contribution < 1.29 is 14.5 Å². The van der Waals surface area contributed by atoms with E-state index in [1.807, 2.05) is 0 Å². The molecule has 0 heterocycles. The Morgan fingerprint density at radius 2 is 1.91 bits per heavy atom. The average Bonchev–Trinajstić information content (AvgIpc) is 2.54. The van der Waals surface area contributed by atoms with E-state index >= 15 is 0 Å². The number of nitro benzene ring substituents is 1. The van der Waals surface area contributed by atoms with Crippen LogP contribution in [0.25, 0.3) is 11.1 Å². The van der Waals surface area contributed by atoms with E-state index in [4.69, 9.17) is 15.9 Å². The summed E-state index contributed by atoms with van der Waals surface area (Å²) in [4.78, 5) is 22.1. The average molecular weight is 313 g/mol. The van der Waals surface area contributed by atoms with E-state index < -0.39 is 10.9 Å². The van der Waals surface area contributed by atoms with Gasteiger partial charge in [0.2, 0.25) is 0 Å². The minimum Gasteiger partial charge on any atom is -0.462 e. The molecule has 3 N–H and O–H groups in total. The Labute approximate surface area is 132 Å². The van der Waals surface area contributed by atoms with Crippen LogP contribution in [-0.2, 0) is 4.74 Å². The number of nitrogen functional groups attached to an aromatic ring is 1. The Balaban J connectivity index is 2.48. The van der Waals surface area contributed by atoms with E-state index in [-0.39, 0.29) is 18.1 Å². The molecule has 0 amide bonds. The van der Waals surface area contributed by atoms with Gasteiger partial charge in [-0.25, -0.2) is 4.79 Å². The van der Waals surface area contributed by atoms with Gasteiger partial charge in [0.05, 0.1) is 17.1 Å². The van der Waals surface area contributed by atoms with Crippen LogP contribution in [0.5, 0.6) is 0 Å². The molecule has 0 atom stereocenters. The largest absolute Gasteiger partial charge is 0.462 e. The first-order valence-corrected chi connectivity index (χ1v) is 6.84. The highest BCUT2D eigenvalue weighted by atomic mass is 16.6. The maximum atomic E-state index is 11.6. The second-order valence-electron chi connectivity index (χ2n) is 4.70. The molecule has 0 fully saturated rings. The molecule has 2 rings (SSSR count). The molecule has 0 radical (unpaired) electrons. The number of esters is 1. The van der Waals surface area contributed by atoms with Crippen LogP contribution in [0, 0.1) is 15.5 Å². The zero-order valence-corrected chi connectivity index (χ0v) is 12.4. The molecule has 0 aliphatic heterocycles. The topological polar surface area (TPSA) is 119 Å². The van der Waals surface area contributed by atoms with Gasteiger partial charge in [0.15, 0.2) is 0 Å². The summed E-state index contributed by atoms with van der Waals surface area (Å²) in [7, 11) is 0. The standard InChI is InChI=1S/C16H15N3O4/c1-2-23-16(20)11-5-3-10(4-6-11)14-9-12(19(21)22)7-8-13(14)15(17)18/h3-9H,2H2,1H3,(H3,17,18). The number of hydrogen-bond donors (Lipinski definition) is 2. The van der Waals surface area contributed by atoms with Crippen LogP contribution < -0.4 is 5.73 Å². The van der Waals surface area contributed by atoms with E-state index in [2.05, 4.69) is 0 Å². The fourth-order valence-corrected chi connectivity index (χ4v) is 2.12. The number of carbonyl (C=O) groups excluding carboxylic acids is 1. The summed E-state index contributed by atoms with van der Waals surface area (Å²) < 4.78 is 4.90. The number of ether oxygens (including phenoxy) is 1. The van der Waals surface area contributed by atoms with Crippen molar-refractivity contribution in [2.75, 3.05) is 6.61 Å². The number of carbonyl (C=O) groups is 1. The molecule has 7 heteroatoms. The van der Waals surface area contributed by atoms with Gasteiger partial charge in [0.25, 0.3) is 5.69 Å². The predicted molar refractivity (Wildman–Crippen MR) is 85.5 cm³/mol. The van der Waals surface area contributed by atoms with E-state index in [1.165, 1.54) is 18.2 Å². The van der Waals surface area contributed by atoms with Crippen LogP contribution in [0.1, 0.15) is 22.8 Å². The normalized spacial score (nSPS) is 10.1. The molecule has 23 heavy (non-hydrogen) atoms. The molecule has 0 saturated carbocycles.